The van der Waals surface area contributed by atoms with Crippen LogP contribution in [0.4, 0.5) is 0 Å². The van der Waals surface area contributed by atoms with Crippen LogP contribution in [0.25, 0.3) is 0 Å². The van der Waals surface area contributed by atoms with Gasteiger partial charge in [0.15, 0.2) is 0 Å². The largest absolute Gasteiger partial charge is 0.496 e. The molecule has 0 saturated heterocycles. The van der Waals surface area contributed by atoms with E-state index in [0.29, 0.717) is 24.4 Å². The highest BCUT2D eigenvalue weighted by atomic mass is 16.5. The van der Waals surface area contributed by atoms with Gasteiger partial charge in [-0.1, -0.05) is 37.5 Å². The van der Waals surface area contributed by atoms with Gasteiger partial charge in [0, 0.05) is 19.2 Å². The summed E-state index contributed by atoms with van der Waals surface area (Å²) in [6.45, 7) is 5.30. The Labute approximate surface area is 150 Å². The molecule has 0 atom stereocenters. The van der Waals surface area contributed by atoms with Crippen molar-refractivity contribution in [3.63, 3.8) is 0 Å². The van der Waals surface area contributed by atoms with Gasteiger partial charge in [0.1, 0.15) is 19.3 Å². The molecule has 3 rings (SSSR count). The molecular formula is C20H22BNO3. The van der Waals surface area contributed by atoms with Gasteiger partial charge < -0.3 is 14.4 Å². The predicted octanol–water partition coefficient (Wildman–Crippen LogP) is 2.78. The molecule has 0 bridgehead atoms. The lowest BCUT2D eigenvalue weighted by atomic mass is 9.93. The molecule has 2 radical (unpaired) electrons. The Balaban J connectivity index is 1.96. The van der Waals surface area contributed by atoms with Gasteiger partial charge in [-0.15, -0.1) is 0 Å². The maximum absolute atomic E-state index is 13.1. The summed E-state index contributed by atoms with van der Waals surface area (Å²) in [5.41, 5.74) is 4.52. The fourth-order valence-electron chi connectivity index (χ4n) is 3.27. The quantitative estimate of drug-likeness (QED) is 0.807. The van der Waals surface area contributed by atoms with E-state index in [4.69, 9.17) is 17.3 Å². The van der Waals surface area contributed by atoms with Crippen molar-refractivity contribution in [2.45, 2.75) is 32.9 Å². The van der Waals surface area contributed by atoms with Crippen LogP contribution in [0.15, 0.2) is 30.3 Å². The van der Waals surface area contributed by atoms with Crippen LogP contribution in [0.2, 0.25) is 0 Å². The Bertz CT molecular complexity index is 817. The van der Waals surface area contributed by atoms with Crippen LogP contribution in [0.1, 0.15) is 46.8 Å². The first-order valence-electron chi connectivity index (χ1n) is 8.37. The van der Waals surface area contributed by atoms with Gasteiger partial charge in [0.2, 0.25) is 0 Å². The Hall–Kier alpha value is -2.43. The molecule has 0 spiro atoms. The molecule has 1 aliphatic heterocycles. The van der Waals surface area contributed by atoms with Crippen LogP contribution < -0.4 is 14.9 Å². The average Bonchev–Trinajstić information content (AvgIpc) is 3.02. The van der Waals surface area contributed by atoms with Crippen LogP contribution in [-0.2, 0) is 13.1 Å². The summed E-state index contributed by atoms with van der Waals surface area (Å²) in [6, 6.07) is 9.49. The number of amides is 1. The molecule has 0 aromatic heterocycles. The summed E-state index contributed by atoms with van der Waals surface area (Å²) in [6.07, 6.45) is 0. The minimum atomic E-state index is -0.0452. The molecule has 0 unspecified atom stereocenters. The van der Waals surface area contributed by atoms with Crippen molar-refractivity contribution in [3.8, 4) is 11.5 Å². The zero-order valence-electron chi connectivity index (χ0n) is 15.1. The molecule has 2 aromatic rings. The third-order valence-corrected chi connectivity index (χ3v) is 4.64. The van der Waals surface area contributed by atoms with Crippen molar-refractivity contribution in [1.29, 1.82) is 0 Å². The van der Waals surface area contributed by atoms with Crippen LogP contribution in [0, 0.1) is 0 Å². The lowest BCUT2D eigenvalue weighted by Crippen LogP contribution is -2.26. The molecule has 0 saturated carbocycles. The number of fused-ring (bicyclic) bond motifs is 1. The summed E-state index contributed by atoms with van der Waals surface area (Å²) >= 11 is 0. The van der Waals surface area contributed by atoms with E-state index in [9.17, 15) is 4.79 Å². The number of methoxy groups -OCH3 is 2. The monoisotopic (exact) mass is 335 g/mol. The maximum Gasteiger partial charge on any atom is 0.258 e. The number of hydrogen-bond acceptors (Lipinski definition) is 3. The normalized spacial score (nSPS) is 13.1. The van der Waals surface area contributed by atoms with Crippen molar-refractivity contribution >= 4 is 19.2 Å². The number of carbonyl (C=O) groups is 1. The molecule has 0 N–H and O–H groups in total. The third kappa shape index (κ3) is 3.23. The van der Waals surface area contributed by atoms with Gasteiger partial charge >= 0.3 is 0 Å². The number of ether oxygens (including phenoxy) is 2. The van der Waals surface area contributed by atoms with E-state index in [1.165, 1.54) is 0 Å². The molecule has 2 aromatic carbocycles. The molecule has 1 heterocycles. The molecule has 0 fully saturated rings. The second-order valence-corrected chi connectivity index (χ2v) is 6.64. The molecule has 25 heavy (non-hydrogen) atoms. The highest BCUT2D eigenvalue weighted by Gasteiger charge is 2.27. The smallest absolute Gasteiger partial charge is 0.258 e. The lowest BCUT2D eigenvalue weighted by molar-refractivity contribution is 0.0748. The van der Waals surface area contributed by atoms with Gasteiger partial charge in [-0.2, -0.15) is 0 Å². The molecule has 1 amide bonds. The number of rotatable bonds is 4. The third-order valence-electron chi connectivity index (χ3n) is 4.64. The Morgan fingerprint density at radius 1 is 1.04 bits per heavy atom. The zero-order valence-corrected chi connectivity index (χ0v) is 15.1. The summed E-state index contributed by atoms with van der Waals surface area (Å²) in [5, 5.41) is 0. The molecule has 5 heteroatoms. The van der Waals surface area contributed by atoms with E-state index in [2.05, 4.69) is 13.8 Å². The fraction of sp³-hybridized carbons (Fsp3) is 0.350. The predicted molar refractivity (Wildman–Crippen MR) is 99.0 cm³/mol. The number of nitrogens with zero attached hydrogens (tertiary/aromatic N) is 1. The number of benzene rings is 2. The second kappa shape index (κ2) is 6.83. The van der Waals surface area contributed by atoms with Crippen molar-refractivity contribution < 1.29 is 14.3 Å². The second-order valence-electron chi connectivity index (χ2n) is 6.64. The highest BCUT2D eigenvalue weighted by Crippen LogP contribution is 2.35. The molecule has 1 aliphatic rings. The minimum absolute atomic E-state index is 0.0452. The topological polar surface area (TPSA) is 38.8 Å². The molecular weight excluding hydrogens is 313 g/mol. The van der Waals surface area contributed by atoms with E-state index in [1.807, 2.05) is 29.2 Å². The van der Waals surface area contributed by atoms with Gasteiger partial charge in [-0.05, 0) is 28.7 Å². The van der Waals surface area contributed by atoms with Crippen molar-refractivity contribution in [1.82, 2.24) is 4.90 Å². The summed E-state index contributed by atoms with van der Waals surface area (Å²) in [4.78, 5) is 14.9. The zero-order chi connectivity index (χ0) is 18.1. The van der Waals surface area contributed by atoms with E-state index in [0.717, 1.165) is 27.9 Å². The maximum atomic E-state index is 13.1. The van der Waals surface area contributed by atoms with E-state index in [1.54, 1.807) is 20.3 Å². The SMILES string of the molecule is [B]c1ccc2c(c1)CN(C(=O)c1cc(C(C)C)c(OC)cc1OC)C2. The Morgan fingerprint density at radius 2 is 1.72 bits per heavy atom. The standard InChI is InChI=1S/C20H22BNO3/c1-12(2)16-8-17(19(25-4)9-18(16)24-3)20(23)22-10-13-5-6-15(21)7-14(13)11-22/h5-9,12H,10-11H2,1-4H3. The highest BCUT2D eigenvalue weighted by molar-refractivity contribution is 6.32. The van der Waals surface area contributed by atoms with Crippen LogP contribution in [-0.4, -0.2) is 32.9 Å². The number of carbonyl (C=O) groups excluding carboxylic acids is 1. The molecule has 128 valence electrons. The first-order valence-corrected chi connectivity index (χ1v) is 8.37. The van der Waals surface area contributed by atoms with Gasteiger partial charge in [-0.3, -0.25) is 4.79 Å². The first kappa shape index (κ1) is 17.4. The van der Waals surface area contributed by atoms with Gasteiger partial charge in [-0.25, -0.2) is 0 Å². The van der Waals surface area contributed by atoms with E-state index >= 15 is 0 Å². The van der Waals surface area contributed by atoms with Crippen LogP contribution >= 0.6 is 0 Å². The van der Waals surface area contributed by atoms with Crippen molar-refractivity contribution in [2.75, 3.05) is 14.2 Å². The lowest BCUT2D eigenvalue weighted by Gasteiger charge is -2.20. The first-order chi connectivity index (χ1) is 11.9. The average molecular weight is 335 g/mol. The van der Waals surface area contributed by atoms with Crippen LogP contribution in [0.5, 0.6) is 11.5 Å². The van der Waals surface area contributed by atoms with Gasteiger partial charge in [0.25, 0.3) is 5.91 Å². The van der Waals surface area contributed by atoms with E-state index < -0.39 is 0 Å². The molecule has 4 nitrogen and oxygen atoms in total. The Morgan fingerprint density at radius 3 is 2.36 bits per heavy atom. The molecule has 0 aliphatic carbocycles. The van der Waals surface area contributed by atoms with Crippen molar-refractivity contribution in [2.24, 2.45) is 0 Å². The summed E-state index contributed by atoms with van der Waals surface area (Å²) in [5.74, 6) is 1.46. The summed E-state index contributed by atoms with van der Waals surface area (Å²) in [7, 11) is 9.06. The Kier molecular flexibility index (Phi) is 4.75. The fourth-order valence-corrected chi connectivity index (χ4v) is 3.27. The van der Waals surface area contributed by atoms with Gasteiger partial charge in [0.05, 0.1) is 19.8 Å². The minimum Gasteiger partial charge on any atom is -0.496 e. The number of hydrogen-bond donors (Lipinski definition) is 0. The van der Waals surface area contributed by atoms with Crippen LogP contribution in [0.3, 0.4) is 0 Å². The van der Waals surface area contributed by atoms with E-state index in [-0.39, 0.29) is 11.8 Å². The van der Waals surface area contributed by atoms with Crippen molar-refractivity contribution in [3.05, 3.63) is 52.6 Å². The summed E-state index contributed by atoms with van der Waals surface area (Å²) < 4.78 is 10.9.